The molecular weight excluding hydrogens is 360 g/mol. The molecule has 0 unspecified atom stereocenters. The molecule has 28 heavy (non-hydrogen) atoms. The maximum Gasteiger partial charge on any atom is 0.346 e. The van der Waals surface area contributed by atoms with E-state index in [0.29, 0.717) is 22.3 Å². The van der Waals surface area contributed by atoms with Gasteiger partial charge in [0.2, 0.25) is 0 Å². The third-order valence-electron chi connectivity index (χ3n) is 7.07. The fraction of sp³-hybridized carbons (Fsp3) is 0.273. The molecule has 2 aromatic rings. The number of carbonyl (C=O) groups is 4. The van der Waals surface area contributed by atoms with Crippen molar-refractivity contribution in [1.82, 2.24) is 0 Å². The zero-order valence-corrected chi connectivity index (χ0v) is 15.2. The van der Waals surface area contributed by atoms with Crippen molar-refractivity contribution in [3.8, 4) is 0 Å². The molecule has 6 nitrogen and oxygen atoms in total. The monoisotopic (exact) mass is 374 g/mol. The molecule has 0 atom stereocenters. The van der Waals surface area contributed by atoms with Gasteiger partial charge in [-0.05, 0) is 59.4 Å². The number of cyclic esters (lactones) is 4. The highest BCUT2D eigenvalue weighted by molar-refractivity contribution is 6.16. The summed E-state index contributed by atoms with van der Waals surface area (Å²) in [5.74, 6) is -2.49. The van der Waals surface area contributed by atoms with E-state index < -0.39 is 34.7 Å². The first-order chi connectivity index (χ1) is 13.2. The summed E-state index contributed by atoms with van der Waals surface area (Å²) in [7, 11) is 0. The minimum absolute atomic E-state index is 0.290. The molecule has 0 saturated carbocycles. The maximum atomic E-state index is 12.1. The van der Waals surface area contributed by atoms with Gasteiger partial charge in [0.25, 0.3) is 0 Å². The van der Waals surface area contributed by atoms with Crippen molar-refractivity contribution in [2.45, 2.75) is 37.5 Å². The summed E-state index contributed by atoms with van der Waals surface area (Å²) < 4.78 is 9.59. The van der Waals surface area contributed by atoms with Gasteiger partial charge in [0.1, 0.15) is 0 Å². The number of ether oxygens (including phenoxy) is 2. The Hall–Kier alpha value is -3.28. The smallest absolute Gasteiger partial charge is 0.346 e. The van der Waals surface area contributed by atoms with E-state index in [1.165, 1.54) is 0 Å². The summed E-state index contributed by atoms with van der Waals surface area (Å²) in [5, 5.41) is 0. The van der Waals surface area contributed by atoms with Crippen LogP contribution in [0.25, 0.3) is 0 Å². The molecule has 2 aliphatic heterocycles. The van der Waals surface area contributed by atoms with Crippen LogP contribution < -0.4 is 0 Å². The minimum atomic E-state index is -0.624. The van der Waals surface area contributed by atoms with Crippen LogP contribution in [-0.2, 0) is 20.3 Å². The number of hydrogen-bond acceptors (Lipinski definition) is 6. The normalized spacial score (nSPS) is 28.5. The molecule has 0 fully saturated rings. The molecular formula is C22H14O6. The quantitative estimate of drug-likeness (QED) is 0.520. The molecule has 0 N–H and O–H groups in total. The Morgan fingerprint density at radius 2 is 0.821 bits per heavy atom. The van der Waals surface area contributed by atoms with E-state index in [0.717, 1.165) is 35.1 Å². The van der Waals surface area contributed by atoms with Gasteiger partial charge in [-0.1, -0.05) is 13.8 Å². The van der Waals surface area contributed by atoms with E-state index in [1.807, 2.05) is 0 Å². The van der Waals surface area contributed by atoms with Gasteiger partial charge in [-0.3, -0.25) is 0 Å². The second-order valence-corrected chi connectivity index (χ2v) is 8.40. The first kappa shape index (κ1) is 15.7. The second kappa shape index (κ2) is 4.41. The molecule has 2 heterocycles. The van der Waals surface area contributed by atoms with Gasteiger partial charge >= 0.3 is 23.9 Å². The van der Waals surface area contributed by atoms with Gasteiger partial charge in [-0.2, -0.15) is 0 Å². The molecule has 6 heteroatoms. The third kappa shape index (κ3) is 1.53. The fourth-order valence-corrected chi connectivity index (χ4v) is 5.42. The average Bonchev–Trinajstić information content (AvgIpc) is 3.11. The molecule has 0 spiro atoms. The molecule has 0 saturated heterocycles. The Morgan fingerprint density at radius 1 is 0.571 bits per heavy atom. The summed E-state index contributed by atoms with van der Waals surface area (Å²) in [6, 6.07) is 7.09. The van der Waals surface area contributed by atoms with Crippen LogP contribution in [0.15, 0.2) is 24.3 Å². The van der Waals surface area contributed by atoms with Crippen LogP contribution in [0.4, 0.5) is 0 Å². The Morgan fingerprint density at radius 3 is 1.07 bits per heavy atom. The van der Waals surface area contributed by atoms with Crippen molar-refractivity contribution in [2.75, 3.05) is 0 Å². The lowest BCUT2D eigenvalue weighted by molar-refractivity contribution is 0.0425. The fourth-order valence-electron chi connectivity index (χ4n) is 5.42. The standard InChI is InChI=1S/C22H14O6/c1-21-3-4-22(2,15-7-11-9(5-13(15)21)17(23)27-19(11)25)16-8-12-10(6-14(16)21)18(24)28-20(12)26/h5-8H,3-4H2,1-2H3. The van der Waals surface area contributed by atoms with Crippen molar-refractivity contribution in [2.24, 2.45) is 0 Å². The number of rotatable bonds is 0. The predicted octanol–water partition coefficient (Wildman–Crippen LogP) is 3.03. The van der Waals surface area contributed by atoms with Gasteiger partial charge in [0, 0.05) is 10.8 Å². The van der Waals surface area contributed by atoms with Gasteiger partial charge < -0.3 is 9.47 Å². The largest absolute Gasteiger partial charge is 0.386 e. The summed E-state index contributed by atoms with van der Waals surface area (Å²) in [4.78, 5) is 48.4. The summed E-state index contributed by atoms with van der Waals surface area (Å²) in [6.07, 6.45) is 1.65. The minimum Gasteiger partial charge on any atom is -0.386 e. The van der Waals surface area contributed by atoms with Crippen LogP contribution in [0.5, 0.6) is 0 Å². The highest BCUT2D eigenvalue weighted by atomic mass is 16.6. The summed E-state index contributed by atoms with van der Waals surface area (Å²) >= 11 is 0. The molecule has 138 valence electrons. The Balaban J connectivity index is 1.70. The number of carbonyl (C=O) groups excluding carboxylic acids is 4. The lowest BCUT2D eigenvalue weighted by Crippen LogP contribution is -2.46. The van der Waals surface area contributed by atoms with Crippen molar-refractivity contribution in [3.63, 3.8) is 0 Å². The van der Waals surface area contributed by atoms with E-state index in [4.69, 9.17) is 9.47 Å². The molecule has 7 rings (SSSR count). The van der Waals surface area contributed by atoms with Crippen LogP contribution >= 0.6 is 0 Å². The molecule has 2 aromatic carbocycles. The Labute approximate surface area is 159 Å². The van der Waals surface area contributed by atoms with Crippen molar-refractivity contribution < 1.29 is 28.7 Å². The molecule has 0 amide bonds. The number of fused-ring (bicyclic) bond motifs is 3. The molecule has 2 bridgehead atoms. The topological polar surface area (TPSA) is 86.7 Å². The van der Waals surface area contributed by atoms with Crippen LogP contribution in [0.3, 0.4) is 0 Å². The molecule has 0 aromatic heterocycles. The van der Waals surface area contributed by atoms with Gasteiger partial charge in [0.15, 0.2) is 0 Å². The highest BCUT2D eigenvalue weighted by Gasteiger charge is 2.53. The van der Waals surface area contributed by atoms with E-state index in [9.17, 15) is 19.2 Å². The lowest BCUT2D eigenvalue weighted by atomic mass is 9.49. The number of benzene rings is 2. The maximum absolute atomic E-state index is 12.1. The van der Waals surface area contributed by atoms with Crippen molar-refractivity contribution in [1.29, 1.82) is 0 Å². The first-order valence-electron chi connectivity index (χ1n) is 9.15. The van der Waals surface area contributed by atoms with E-state index in [2.05, 4.69) is 13.8 Å². The van der Waals surface area contributed by atoms with Gasteiger partial charge in [0.05, 0.1) is 22.3 Å². The van der Waals surface area contributed by atoms with Gasteiger partial charge in [-0.15, -0.1) is 0 Å². The van der Waals surface area contributed by atoms with E-state index >= 15 is 0 Å². The predicted molar refractivity (Wildman–Crippen MR) is 94.5 cm³/mol. The number of esters is 4. The first-order valence-corrected chi connectivity index (χ1v) is 9.15. The third-order valence-corrected chi connectivity index (χ3v) is 7.07. The Kier molecular flexibility index (Phi) is 2.48. The summed E-state index contributed by atoms with van der Waals surface area (Å²) in [5.41, 5.74) is 4.16. The van der Waals surface area contributed by atoms with Gasteiger partial charge in [-0.25, -0.2) is 19.2 Å². The second-order valence-electron chi connectivity index (χ2n) is 8.40. The zero-order chi connectivity index (χ0) is 19.6. The van der Waals surface area contributed by atoms with Crippen LogP contribution in [0.2, 0.25) is 0 Å². The van der Waals surface area contributed by atoms with Crippen molar-refractivity contribution in [3.05, 3.63) is 68.8 Å². The average molecular weight is 374 g/mol. The van der Waals surface area contributed by atoms with E-state index in [-0.39, 0.29) is 0 Å². The summed E-state index contributed by atoms with van der Waals surface area (Å²) in [6.45, 7) is 4.15. The molecule has 0 radical (unpaired) electrons. The SMILES string of the molecule is CC12CCC(C)(c3cc4c(cc31)C(=O)OC4=O)c1cc3c(cc12)C(=O)OC3=O. The zero-order valence-electron chi connectivity index (χ0n) is 15.2. The van der Waals surface area contributed by atoms with Crippen LogP contribution in [0, 0.1) is 0 Å². The van der Waals surface area contributed by atoms with Crippen LogP contribution in [0.1, 0.15) is 90.4 Å². The van der Waals surface area contributed by atoms with Crippen LogP contribution in [-0.4, -0.2) is 23.9 Å². The number of hydrogen-bond donors (Lipinski definition) is 0. The van der Waals surface area contributed by atoms with E-state index in [1.54, 1.807) is 24.3 Å². The molecule has 5 aliphatic rings. The lowest BCUT2D eigenvalue weighted by Gasteiger charge is -2.53. The highest BCUT2D eigenvalue weighted by Crippen LogP contribution is 2.60. The molecule has 3 aliphatic carbocycles. The van der Waals surface area contributed by atoms with Crippen molar-refractivity contribution >= 4 is 23.9 Å². The Bertz CT molecular complexity index is 1040.